The number of hydrogen-bond donors (Lipinski definition) is 1. The first-order chi connectivity index (χ1) is 10.2. The van der Waals surface area contributed by atoms with Gasteiger partial charge in [0.25, 0.3) is 0 Å². The lowest BCUT2D eigenvalue weighted by Crippen LogP contribution is -2.27. The maximum atomic E-state index is 12.1. The van der Waals surface area contributed by atoms with Crippen molar-refractivity contribution in [1.29, 1.82) is 0 Å². The molecule has 2 heterocycles. The van der Waals surface area contributed by atoms with Gasteiger partial charge in [-0.3, -0.25) is 4.79 Å². The number of rotatable bonds is 4. The van der Waals surface area contributed by atoms with E-state index in [1.807, 2.05) is 25.1 Å². The highest BCUT2D eigenvalue weighted by Crippen LogP contribution is 2.29. The highest BCUT2D eigenvalue weighted by atomic mass is 16.5. The minimum Gasteiger partial charge on any atom is -0.448 e. The van der Waals surface area contributed by atoms with Crippen LogP contribution in [0.2, 0.25) is 0 Å². The molecule has 0 radical (unpaired) electrons. The van der Waals surface area contributed by atoms with Gasteiger partial charge in [0.15, 0.2) is 6.39 Å². The summed E-state index contributed by atoms with van der Waals surface area (Å²) in [6.45, 7) is 2.88. The molecule has 5 heteroatoms. The minimum atomic E-state index is -0.159. The van der Waals surface area contributed by atoms with Crippen LogP contribution in [0.5, 0.6) is 0 Å². The summed E-state index contributed by atoms with van der Waals surface area (Å²) in [7, 11) is 0. The average Bonchev–Trinajstić information content (AvgIpc) is 2.91. The highest BCUT2D eigenvalue weighted by molar-refractivity contribution is 5.76. The summed E-state index contributed by atoms with van der Waals surface area (Å²) in [6, 6.07) is 8.14. The third-order valence-electron chi connectivity index (χ3n) is 3.76. The SMILES string of the molecule is Cc1ocnc1CNC(=O)C[C@@H]1OCCc2ccccc21. The van der Waals surface area contributed by atoms with Crippen molar-refractivity contribution in [2.45, 2.75) is 32.4 Å². The molecule has 0 spiro atoms. The minimum absolute atomic E-state index is 0.0425. The van der Waals surface area contributed by atoms with Crippen LogP contribution in [0.15, 0.2) is 35.1 Å². The number of carbonyl (C=O) groups is 1. The standard InChI is InChI=1S/C16H18N2O3/c1-11-14(18-10-21-11)9-17-16(19)8-15-13-5-3-2-4-12(13)6-7-20-15/h2-5,10,15H,6-9H2,1H3,(H,17,19)/t15-/m0/s1. The zero-order valence-electron chi connectivity index (χ0n) is 12.0. The van der Waals surface area contributed by atoms with E-state index < -0.39 is 0 Å². The molecular weight excluding hydrogens is 268 g/mol. The van der Waals surface area contributed by atoms with Crippen LogP contribution in [0.1, 0.15) is 35.1 Å². The zero-order chi connectivity index (χ0) is 14.7. The van der Waals surface area contributed by atoms with Crippen molar-refractivity contribution >= 4 is 5.91 Å². The van der Waals surface area contributed by atoms with Crippen LogP contribution in [0, 0.1) is 6.92 Å². The summed E-state index contributed by atoms with van der Waals surface area (Å²) < 4.78 is 10.8. The Bertz CT molecular complexity index is 636. The number of nitrogens with one attached hydrogen (secondary N) is 1. The van der Waals surface area contributed by atoms with E-state index in [-0.39, 0.29) is 12.0 Å². The topological polar surface area (TPSA) is 64.4 Å². The second-order valence-electron chi connectivity index (χ2n) is 5.14. The molecule has 1 aromatic heterocycles. The Balaban J connectivity index is 1.60. The van der Waals surface area contributed by atoms with Crippen LogP contribution >= 0.6 is 0 Å². The summed E-state index contributed by atoms with van der Waals surface area (Å²) in [5, 5.41) is 2.86. The Hall–Kier alpha value is -2.14. The number of amides is 1. The number of hydrogen-bond acceptors (Lipinski definition) is 4. The maximum Gasteiger partial charge on any atom is 0.223 e. The fraction of sp³-hybridized carbons (Fsp3) is 0.375. The van der Waals surface area contributed by atoms with Crippen LogP contribution in [0.3, 0.4) is 0 Å². The number of benzene rings is 1. The van der Waals surface area contributed by atoms with Gasteiger partial charge >= 0.3 is 0 Å². The summed E-state index contributed by atoms with van der Waals surface area (Å²) >= 11 is 0. The summed E-state index contributed by atoms with van der Waals surface area (Å²) in [6.07, 6.45) is 2.46. The maximum absolute atomic E-state index is 12.1. The molecule has 0 saturated heterocycles. The van der Waals surface area contributed by atoms with Gasteiger partial charge in [0.05, 0.1) is 25.7 Å². The van der Waals surface area contributed by atoms with E-state index in [1.165, 1.54) is 12.0 Å². The molecule has 5 nitrogen and oxygen atoms in total. The second kappa shape index (κ2) is 6.10. The van der Waals surface area contributed by atoms with E-state index >= 15 is 0 Å². The molecule has 0 unspecified atom stereocenters. The summed E-state index contributed by atoms with van der Waals surface area (Å²) in [5.74, 6) is 0.689. The number of nitrogens with zero attached hydrogens (tertiary/aromatic N) is 1. The summed E-state index contributed by atoms with van der Waals surface area (Å²) in [5.41, 5.74) is 3.15. The van der Waals surface area contributed by atoms with Gasteiger partial charge in [-0.15, -0.1) is 0 Å². The van der Waals surface area contributed by atoms with Crippen LogP contribution in [0.4, 0.5) is 0 Å². The molecule has 1 amide bonds. The molecule has 1 aliphatic heterocycles. The van der Waals surface area contributed by atoms with Crippen molar-refractivity contribution in [3.63, 3.8) is 0 Å². The zero-order valence-corrected chi connectivity index (χ0v) is 12.0. The van der Waals surface area contributed by atoms with Crippen molar-refractivity contribution in [3.05, 3.63) is 53.2 Å². The van der Waals surface area contributed by atoms with E-state index in [1.54, 1.807) is 0 Å². The van der Waals surface area contributed by atoms with Crippen LogP contribution < -0.4 is 5.32 Å². The van der Waals surface area contributed by atoms with Gasteiger partial charge in [-0.25, -0.2) is 4.98 Å². The van der Waals surface area contributed by atoms with Gasteiger partial charge < -0.3 is 14.5 Å². The fourth-order valence-corrected chi connectivity index (χ4v) is 2.57. The van der Waals surface area contributed by atoms with Crippen molar-refractivity contribution in [2.24, 2.45) is 0 Å². The van der Waals surface area contributed by atoms with Crippen molar-refractivity contribution in [2.75, 3.05) is 6.61 Å². The fourth-order valence-electron chi connectivity index (χ4n) is 2.57. The molecule has 3 rings (SSSR count). The number of carbonyl (C=O) groups excluding carboxylic acids is 1. The lowest BCUT2D eigenvalue weighted by molar-refractivity contribution is -0.124. The lowest BCUT2D eigenvalue weighted by atomic mass is 9.95. The van der Waals surface area contributed by atoms with E-state index in [9.17, 15) is 4.79 Å². The molecule has 21 heavy (non-hydrogen) atoms. The Morgan fingerprint density at radius 1 is 1.43 bits per heavy atom. The van der Waals surface area contributed by atoms with Crippen LogP contribution in [0.25, 0.3) is 0 Å². The molecule has 1 aromatic carbocycles. The van der Waals surface area contributed by atoms with Gasteiger partial charge in [-0.05, 0) is 24.5 Å². The molecule has 1 N–H and O–H groups in total. The Morgan fingerprint density at radius 2 is 2.29 bits per heavy atom. The molecular formula is C16H18N2O3. The van der Waals surface area contributed by atoms with E-state index in [2.05, 4.69) is 16.4 Å². The number of aromatic nitrogens is 1. The number of oxazole rings is 1. The largest absolute Gasteiger partial charge is 0.448 e. The lowest BCUT2D eigenvalue weighted by Gasteiger charge is -2.25. The van der Waals surface area contributed by atoms with E-state index in [0.717, 1.165) is 23.4 Å². The average molecular weight is 286 g/mol. The molecule has 2 aromatic rings. The smallest absolute Gasteiger partial charge is 0.223 e. The van der Waals surface area contributed by atoms with E-state index in [0.29, 0.717) is 19.6 Å². The molecule has 1 atom stereocenters. The Kier molecular flexibility index (Phi) is 4.01. The van der Waals surface area contributed by atoms with Gasteiger partial charge in [0.1, 0.15) is 11.5 Å². The number of ether oxygens (including phenoxy) is 1. The van der Waals surface area contributed by atoms with Crippen molar-refractivity contribution in [1.82, 2.24) is 10.3 Å². The highest BCUT2D eigenvalue weighted by Gasteiger charge is 2.23. The quantitative estimate of drug-likeness (QED) is 0.936. The van der Waals surface area contributed by atoms with Crippen LogP contribution in [-0.2, 0) is 22.5 Å². The molecule has 0 saturated carbocycles. The van der Waals surface area contributed by atoms with E-state index in [4.69, 9.17) is 9.15 Å². The van der Waals surface area contributed by atoms with Crippen molar-refractivity contribution < 1.29 is 13.9 Å². The molecule has 1 aliphatic rings. The third-order valence-corrected chi connectivity index (χ3v) is 3.76. The Morgan fingerprint density at radius 3 is 3.10 bits per heavy atom. The predicted octanol–water partition coefficient (Wildman–Crippen LogP) is 2.30. The predicted molar refractivity (Wildman–Crippen MR) is 76.5 cm³/mol. The van der Waals surface area contributed by atoms with Gasteiger partial charge in [-0.2, -0.15) is 0 Å². The number of fused-ring (bicyclic) bond motifs is 1. The molecule has 110 valence electrons. The molecule has 0 fully saturated rings. The van der Waals surface area contributed by atoms with Crippen molar-refractivity contribution in [3.8, 4) is 0 Å². The normalized spacial score (nSPS) is 17.3. The summed E-state index contributed by atoms with van der Waals surface area (Å²) in [4.78, 5) is 16.1. The van der Waals surface area contributed by atoms with Gasteiger partial charge in [0, 0.05) is 0 Å². The first-order valence-electron chi connectivity index (χ1n) is 7.09. The van der Waals surface area contributed by atoms with Gasteiger partial charge in [-0.1, -0.05) is 24.3 Å². The van der Waals surface area contributed by atoms with Gasteiger partial charge in [0.2, 0.25) is 5.91 Å². The first-order valence-corrected chi connectivity index (χ1v) is 7.09. The number of aryl methyl sites for hydroxylation is 1. The Labute approximate surface area is 123 Å². The monoisotopic (exact) mass is 286 g/mol. The first kappa shape index (κ1) is 13.8. The second-order valence-corrected chi connectivity index (χ2v) is 5.14. The molecule has 0 aliphatic carbocycles. The third kappa shape index (κ3) is 3.13. The molecule has 0 bridgehead atoms. The van der Waals surface area contributed by atoms with Crippen LogP contribution in [-0.4, -0.2) is 17.5 Å².